The summed E-state index contributed by atoms with van der Waals surface area (Å²) in [5.41, 5.74) is 0. The van der Waals surface area contributed by atoms with E-state index in [4.69, 9.17) is 4.74 Å². The highest BCUT2D eigenvalue weighted by atomic mass is 127. The van der Waals surface area contributed by atoms with Gasteiger partial charge in [-0.1, -0.05) is 22.6 Å². The summed E-state index contributed by atoms with van der Waals surface area (Å²) in [7, 11) is 0. The summed E-state index contributed by atoms with van der Waals surface area (Å²) in [5.74, 6) is 1.74. The fraction of sp³-hybridized carbons (Fsp3) is 0.875. The largest absolute Gasteiger partial charge is 0.461 e. The van der Waals surface area contributed by atoms with Crippen LogP contribution in [-0.2, 0) is 9.53 Å². The predicted octanol–water partition coefficient (Wildman–Crippen LogP) is 1.37. The Labute approximate surface area is 78.8 Å². The molecule has 2 saturated carbocycles. The number of rotatable bonds is 0. The SMILES string of the molecule is O=C1O[C@@H]2[C@@H](I)[C@@H]3C[C@@H]2[C@H]1C3. The lowest BCUT2D eigenvalue weighted by atomic mass is 9.90. The van der Waals surface area contributed by atoms with Gasteiger partial charge in [0.15, 0.2) is 0 Å². The van der Waals surface area contributed by atoms with Gasteiger partial charge >= 0.3 is 5.97 Å². The molecule has 2 bridgehead atoms. The van der Waals surface area contributed by atoms with Gasteiger partial charge in [-0.3, -0.25) is 4.79 Å². The minimum atomic E-state index is 0.0849. The fourth-order valence-electron chi connectivity index (χ4n) is 2.88. The van der Waals surface area contributed by atoms with Crippen molar-refractivity contribution in [1.29, 1.82) is 0 Å². The molecule has 2 aliphatic carbocycles. The third-order valence-corrected chi connectivity index (χ3v) is 5.12. The molecule has 60 valence electrons. The topological polar surface area (TPSA) is 26.3 Å². The van der Waals surface area contributed by atoms with E-state index in [2.05, 4.69) is 22.6 Å². The normalized spacial score (nSPS) is 58.6. The lowest BCUT2D eigenvalue weighted by Crippen LogP contribution is -2.26. The van der Waals surface area contributed by atoms with Crippen LogP contribution >= 0.6 is 22.6 Å². The molecule has 3 rings (SSSR count). The van der Waals surface area contributed by atoms with Gasteiger partial charge in [-0.15, -0.1) is 0 Å². The van der Waals surface area contributed by atoms with Gasteiger partial charge in [0.1, 0.15) is 6.10 Å². The van der Waals surface area contributed by atoms with Crippen molar-refractivity contribution in [2.45, 2.75) is 22.9 Å². The smallest absolute Gasteiger partial charge is 0.309 e. The van der Waals surface area contributed by atoms with Crippen LogP contribution in [0, 0.1) is 17.8 Å². The monoisotopic (exact) mass is 264 g/mol. The second kappa shape index (κ2) is 1.92. The zero-order valence-corrected chi connectivity index (χ0v) is 8.15. The van der Waals surface area contributed by atoms with Gasteiger partial charge in [-0.25, -0.2) is 0 Å². The van der Waals surface area contributed by atoms with Crippen LogP contribution in [0.3, 0.4) is 0 Å². The van der Waals surface area contributed by atoms with E-state index in [0.29, 0.717) is 9.84 Å². The third-order valence-electron chi connectivity index (χ3n) is 3.39. The average molecular weight is 264 g/mol. The number of hydrogen-bond acceptors (Lipinski definition) is 2. The summed E-state index contributed by atoms with van der Waals surface area (Å²) in [6.45, 7) is 0. The molecule has 11 heavy (non-hydrogen) atoms. The van der Waals surface area contributed by atoms with E-state index in [1.54, 1.807) is 0 Å². The fourth-order valence-corrected chi connectivity index (χ4v) is 4.15. The van der Waals surface area contributed by atoms with Crippen LogP contribution in [0.15, 0.2) is 0 Å². The van der Waals surface area contributed by atoms with E-state index < -0.39 is 0 Å². The maximum absolute atomic E-state index is 11.2. The third kappa shape index (κ3) is 0.661. The van der Waals surface area contributed by atoms with Crippen molar-refractivity contribution in [2.75, 3.05) is 0 Å². The van der Waals surface area contributed by atoms with Gasteiger partial charge in [-0.05, 0) is 18.8 Å². The minimum absolute atomic E-state index is 0.0849. The molecular formula is C8H9IO2. The van der Waals surface area contributed by atoms with Crippen LogP contribution in [0.25, 0.3) is 0 Å². The number of carbonyl (C=O) groups is 1. The molecule has 0 N–H and O–H groups in total. The number of carbonyl (C=O) groups excluding carboxylic acids is 1. The Morgan fingerprint density at radius 3 is 2.91 bits per heavy atom. The molecule has 0 aromatic carbocycles. The molecule has 0 aromatic rings. The number of esters is 1. The first kappa shape index (κ1) is 6.69. The zero-order valence-electron chi connectivity index (χ0n) is 6.00. The predicted molar refractivity (Wildman–Crippen MR) is 47.4 cm³/mol. The number of ether oxygens (including phenoxy) is 1. The molecular weight excluding hydrogens is 255 g/mol. The van der Waals surface area contributed by atoms with Crippen LogP contribution in [0.4, 0.5) is 0 Å². The van der Waals surface area contributed by atoms with Crippen molar-refractivity contribution in [3.63, 3.8) is 0 Å². The molecule has 0 amide bonds. The van der Waals surface area contributed by atoms with E-state index in [9.17, 15) is 4.79 Å². The van der Waals surface area contributed by atoms with Gasteiger partial charge < -0.3 is 4.74 Å². The molecule has 5 atom stereocenters. The Bertz CT molecular complexity index is 228. The van der Waals surface area contributed by atoms with Gasteiger partial charge in [0.05, 0.1) is 9.84 Å². The Morgan fingerprint density at radius 2 is 2.27 bits per heavy atom. The van der Waals surface area contributed by atoms with Gasteiger partial charge in [-0.2, -0.15) is 0 Å². The van der Waals surface area contributed by atoms with E-state index in [1.165, 1.54) is 6.42 Å². The number of alkyl halides is 1. The maximum Gasteiger partial charge on any atom is 0.309 e. The summed E-state index contributed by atoms with van der Waals surface area (Å²) < 4.78 is 5.92. The molecule has 3 aliphatic rings. The molecule has 3 fully saturated rings. The summed E-state index contributed by atoms with van der Waals surface area (Å²) in [5, 5.41) is 0. The molecule has 1 saturated heterocycles. The summed E-state index contributed by atoms with van der Waals surface area (Å²) in [6.07, 6.45) is 2.63. The van der Waals surface area contributed by atoms with E-state index in [0.717, 1.165) is 12.3 Å². The van der Waals surface area contributed by atoms with E-state index in [1.807, 2.05) is 0 Å². The summed E-state index contributed by atoms with van der Waals surface area (Å²) in [6, 6.07) is 0. The first-order chi connectivity index (χ1) is 5.27. The number of fused-ring (bicyclic) bond motifs is 1. The Hall–Kier alpha value is 0.200. The molecule has 0 aromatic heterocycles. The lowest BCUT2D eigenvalue weighted by molar-refractivity contribution is -0.143. The molecule has 1 aliphatic heterocycles. The van der Waals surface area contributed by atoms with Crippen LogP contribution in [0.2, 0.25) is 0 Å². The van der Waals surface area contributed by atoms with E-state index >= 15 is 0 Å². The second-order valence-corrected chi connectivity index (χ2v) is 5.29. The highest BCUT2D eigenvalue weighted by Crippen LogP contribution is 2.56. The summed E-state index contributed by atoms with van der Waals surface area (Å²) in [4.78, 5) is 11.2. The van der Waals surface area contributed by atoms with Crippen molar-refractivity contribution >= 4 is 28.6 Å². The molecule has 1 heterocycles. The minimum Gasteiger partial charge on any atom is -0.461 e. The molecule has 3 heteroatoms. The first-order valence-corrected chi connectivity index (χ1v) is 5.36. The lowest BCUT2D eigenvalue weighted by Gasteiger charge is -2.19. The molecule has 2 nitrogen and oxygen atoms in total. The second-order valence-electron chi connectivity index (χ2n) is 3.85. The zero-order chi connectivity index (χ0) is 7.59. The van der Waals surface area contributed by atoms with Gasteiger partial charge in [0.2, 0.25) is 0 Å². The van der Waals surface area contributed by atoms with E-state index in [-0.39, 0.29) is 18.0 Å². The van der Waals surface area contributed by atoms with Crippen molar-refractivity contribution in [1.82, 2.24) is 0 Å². The Morgan fingerprint density at radius 1 is 1.45 bits per heavy atom. The Kier molecular flexibility index (Phi) is 1.17. The first-order valence-electron chi connectivity index (χ1n) is 4.12. The van der Waals surface area contributed by atoms with Crippen molar-refractivity contribution in [3.05, 3.63) is 0 Å². The number of hydrogen-bond donors (Lipinski definition) is 0. The standard InChI is InChI=1S/C8H9IO2/c9-6-3-1-4-5(2-3)8(10)11-7(4)6/h3-7H,1-2H2/t3-,4-,5-,6+,7+/m1/s1. The molecule has 0 unspecified atom stereocenters. The van der Waals surface area contributed by atoms with Gasteiger partial charge in [0.25, 0.3) is 0 Å². The number of halogens is 1. The van der Waals surface area contributed by atoms with Crippen LogP contribution in [0.5, 0.6) is 0 Å². The van der Waals surface area contributed by atoms with Crippen LogP contribution in [0.1, 0.15) is 12.8 Å². The highest BCUT2D eigenvalue weighted by Gasteiger charge is 2.60. The summed E-state index contributed by atoms with van der Waals surface area (Å²) >= 11 is 2.45. The highest BCUT2D eigenvalue weighted by molar-refractivity contribution is 14.1. The quantitative estimate of drug-likeness (QED) is 0.375. The average Bonchev–Trinajstić information content (AvgIpc) is 2.53. The molecule has 0 spiro atoms. The maximum atomic E-state index is 11.2. The van der Waals surface area contributed by atoms with Crippen molar-refractivity contribution in [2.24, 2.45) is 17.8 Å². The van der Waals surface area contributed by atoms with Crippen LogP contribution in [-0.4, -0.2) is 16.0 Å². The van der Waals surface area contributed by atoms with Crippen molar-refractivity contribution in [3.8, 4) is 0 Å². The van der Waals surface area contributed by atoms with Crippen LogP contribution < -0.4 is 0 Å². The van der Waals surface area contributed by atoms with Gasteiger partial charge in [0, 0.05) is 5.92 Å². The Balaban J connectivity index is 2.04. The van der Waals surface area contributed by atoms with Crippen molar-refractivity contribution < 1.29 is 9.53 Å². The molecule has 0 radical (unpaired) electrons.